The molecule has 2 nitrogen and oxygen atoms in total. The zero-order valence-corrected chi connectivity index (χ0v) is 8.59. The van der Waals surface area contributed by atoms with Crippen molar-refractivity contribution in [1.29, 1.82) is 0 Å². The van der Waals surface area contributed by atoms with Crippen LogP contribution in [0.1, 0.15) is 5.76 Å². The molecule has 4 heteroatoms. The number of anilines is 1. The molecule has 0 unspecified atom stereocenters. The van der Waals surface area contributed by atoms with E-state index in [1.165, 1.54) is 12.1 Å². The van der Waals surface area contributed by atoms with Crippen molar-refractivity contribution in [1.82, 2.24) is 0 Å². The third kappa shape index (κ3) is 2.50. The molecule has 2 rings (SSSR count). The summed E-state index contributed by atoms with van der Waals surface area (Å²) in [7, 11) is 0. The fourth-order valence-electron chi connectivity index (χ4n) is 1.21. The molecule has 0 saturated carbocycles. The van der Waals surface area contributed by atoms with E-state index in [0.29, 0.717) is 12.2 Å². The van der Waals surface area contributed by atoms with Gasteiger partial charge in [-0.1, -0.05) is 11.6 Å². The second-order valence-electron chi connectivity index (χ2n) is 3.06. The van der Waals surface area contributed by atoms with Crippen LogP contribution in [0.25, 0.3) is 0 Å². The second-order valence-corrected chi connectivity index (χ2v) is 3.47. The highest BCUT2D eigenvalue weighted by atomic mass is 35.5. The van der Waals surface area contributed by atoms with E-state index >= 15 is 0 Å². The summed E-state index contributed by atoms with van der Waals surface area (Å²) < 4.78 is 18.2. The Morgan fingerprint density at radius 1 is 1.33 bits per heavy atom. The molecule has 2 aromatic rings. The van der Waals surface area contributed by atoms with Crippen LogP contribution in [0.2, 0.25) is 5.02 Å². The third-order valence-electron chi connectivity index (χ3n) is 1.97. The summed E-state index contributed by atoms with van der Waals surface area (Å²) in [5.41, 5.74) is 0.674. The maximum atomic E-state index is 13.0. The molecule has 15 heavy (non-hydrogen) atoms. The van der Waals surface area contributed by atoms with Crippen LogP contribution < -0.4 is 5.32 Å². The molecule has 0 radical (unpaired) electrons. The molecule has 0 amide bonds. The zero-order valence-electron chi connectivity index (χ0n) is 7.84. The van der Waals surface area contributed by atoms with E-state index in [2.05, 4.69) is 5.32 Å². The summed E-state index contributed by atoms with van der Waals surface area (Å²) in [6.45, 7) is 0.522. The normalized spacial score (nSPS) is 10.3. The standard InChI is InChI=1S/C11H9ClFNO/c12-10-4-3-8(6-11(10)13)14-7-9-2-1-5-15-9/h1-6,14H,7H2. The van der Waals surface area contributed by atoms with E-state index in [-0.39, 0.29) is 5.02 Å². The highest BCUT2D eigenvalue weighted by molar-refractivity contribution is 6.30. The molecule has 1 N–H and O–H groups in total. The Labute approximate surface area is 91.7 Å². The van der Waals surface area contributed by atoms with Crippen LogP contribution in [0.15, 0.2) is 41.0 Å². The maximum Gasteiger partial charge on any atom is 0.143 e. The second kappa shape index (κ2) is 4.36. The van der Waals surface area contributed by atoms with E-state index in [1.54, 1.807) is 18.4 Å². The summed E-state index contributed by atoms with van der Waals surface area (Å²) in [6.07, 6.45) is 1.60. The van der Waals surface area contributed by atoms with Gasteiger partial charge in [0.25, 0.3) is 0 Å². The van der Waals surface area contributed by atoms with E-state index < -0.39 is 5.82 Å². The fraction of sp³-hybridized carbons (Fsp3) is 0.0909. The van der Waals surface area contributed by atoms with Gasteiger partial charge in [-0.15, -0.1) is 0 Å². The first-order valence-electron chi connectivity index (χ1n) is 4.47. The summed E-state index contributed by atoms with van der Waals surface area (Å²) in [5, 5.41) is 3.15. The van der Waals surface area contributed by atoms with Crippen molar-refractivity contribution in [2.24, 2.45) is 0 Å². The lowest BCUT2D eigenvalue weighted by molar-refractivity contribution is 0.518. The van der Waals surface area contributed by atoms with E-state index in [9.17, 15) is 4.39 Å². The molecule has 0 bridgehead atoms. The highest BCUT2D eigenvalue weighted by Crippen LogP contribution is 2.19. The number of halogens is 2. The average molecular weight is 226 g/mol. The van der Waals surface area contributed by atoms with Crippen LogP contribution in [-0.4, -0.2) is 0 Å². The van der Waals surface area contributed by atoms with Gasteiger partial charge in [0.2, 0.25) is 0 Å². The van der Waals surface area contributed by atoms with Gasteiger partial charge in [0.1, 0.15) is 11.6 Å². The molecule has 0 aliphatic rings. The smallest absolute Gasteiger partial charge is 0.143 e. The van der Waals surface area contributed by atoms with Crippen molar-refractivity contribution in [2.45, 2.75) is 6.54 Å². The van der Waals surface area contributed by atoms with Crippen molar-refractivity contribution in [2.75, 3.05) is 5.32 Å². The number of nitrogens with one attached hydrogen (secondary N) is 1. The van der Waals surface area contributed by atoms with Crippen molar-refractivity contribution >= 4 is 17.3 Å². The van der Waals surface area contributed by atoms with Crippen molar-refractivity contribution in [3.8, 4) is 0 Å². The summed E-state index contributed by atoms with van der Waals surface area (Å²) >= 11 is 5.56. The minimum Gasteiger partial charge on any atom is -0.467 e. The Bertz CT molecular complexity index is 442. The molecule has 1 heterocycles. The minimum atomic E-state index is -0.430. The zero-order chi connectivity index (χ0) is 10.7. The predicted octanol–water partition coefficient (Wildman–Crippen LogP) is 3.68. The first-order chi connectivity index (χ1) is 7.25. The van der Waals surface area contributed by atoms with Crippen molar-refractivity contribution < 1.29 is 8.81 Å². The Hall–Kier alpha value is -1.48. The van der Waals surface area contributed by atoms with Crippen LogP contribution in [0, 0.1) is 5.82 Å². The molecule has 0 saturated heterocycles. The third-order valence-corrected chi connectivity index (χ3v) is 2.27. The van der Waals surface area contributed by atoms with E-state index in [0.717, 1.165) is 5.76 Å². The Kier molecular flexibility index (Phi) is 2.92. The van der Waals surface area contributed by atoms with Gasteiger partial charge in [-0.2, -0.15) is 0 Å². The molecule has 0 atom stereocenters. The van der Waals surface area contributed by atoms with Gasteiger partial charge in [0.05, 0.1) is 17.8 Å². The summed E-state index contributed by atoms with van der Waals surface area (Å²) in [5.74, 6) is 0.367. The molecular formula is C11H9ClFNO. The first kappa shape index (κ1) is 10.1. The van der Waals surface area contributed by atoms with Gasteiger partial charge in [0, 0.05) is 5.69 Å². The largest absolute Gasteiger partial charge is 0.467 e. The van der Waals surface area contributed by atoms with E-state index in [4.69, 9.17) is 16.0 Å². The van der Waals surface area contributed by atoms with E-state index in [1.807, 2.05) is 6.07 Å². The quantitative estimate of drug-likeness (QED) is 0.862. The minimum absolute atomic E-state index is 0.124. The molecule has 0 fully saturated rings. The lowest BCUT2D eigenvalue weighted by Gasteiger charge is -2.04. The number of hydrogen-bond acceptors (Lipinski definition) is 2. The van der Waals surface area contributed by atoms with Crippen LogP contribution >= 0.6 is 11.6 Å². The molecule has 78 valence electrons. The predicted molar refractivity (Wildman–Crippen MR) is 57.4 cm³/mol. The molecule has 1 aromatic heterocycles. The van der Waals surface area contributed by atoms with Gasteiger partial charge in [-0.3, -0.25) is 0 Å². The lowest BCUT2D eigenvalue weighted by Crippen LogP contribution is -1.98. The highest BCUT2D eigenvalue weighted by Gasteiger charge is 2.01. The number of hydrogen-bond donors (Lipinski definition) is 1. The Balaban J connectivity index is 2.02. The Morgan fingerprint density at radius 3 is 2.87 bits per heavy atom. The monoisotopic (exact) mass is 225 g/mol. The van der Waals surface area contributed by atoms with Gasteiger partial charge in [-0.05, 0) is 30.3 Å². The van der Waals surface area contributed by atoms with Gasteiger partial charge in [0.15, 0.2) is 0 Å². The van der Waals surface area contributed by atoms with Crippen LogP contribution in [-0.2, 0) is 6.54 Å². The fourth-order valence-corrected chi connectivity index (χ4v) is 1.33. The van der Waals surface area contributed by atoms with Gasteiger partial charge in [-0.25, -0.2) is 4.39 Å². The molecule has 0 aliphatic heterocycles. The first-order valence-corrected chi connectivity index (χ1v) is 4.85. The maximum absolute atomic E-state index is 13.0. The summed E-state index contributed by atoms with van der Waals surface area (Å²) in [6, 6.07) is 8.24. The summed E-state index contributed by atoms with van der Waals surface area (Å²) in [4.78, 5) is 0. The van der Waals surface area contributed by atoms with Crippen LogP contribution in [0.5, 0.6) is 0 Å². The topological polar surface area (TPSA) is 25.2 Å². The molecule has 0 spiro atoms. The Morgan fingerprint density at radius 2 is 2.20 bits per heavy atom. The van der Waals surface area contributed by atoms with Gasteiger partial charge >= 0.3 is 0 Å². The molecule has 1 aromatic carbocycles. The lowest BCUT2D eigenvalue weighted by atomic mass is 10.3. The number of furan rings is 1. The number of benzene rings is 1. The molecular weight excluding hydrogens is 217 g/mol. The van der Waals surface area contributed by atoms with Crippen LogP contribution in [0.4, 0.5) is 10.1 Å². The SMILES string of the molecule is Fc1cc(NCc2ccco2)ccc1Cl. The van der Waals surface area contributed by atoms with Crippen LogP contribution in [0.3, 0.4) is 0 Å². The van der Waals surface area contributed by atoms with Crippen molar-refractivity contribution in [3.05, 3.63) is 53.2 Å². The molecule has 0 aliphatic carbocycles. The number of rotatable bonds is 3. The van der Waals surface area contributed by atoms with Crippen molar-refractivity contribution in [3.63, 3.8) is 0 Å². The average Bonchev–Trinajstić information content (AvgIpc) is 2.73. The van der Waals surface area contributed by atoms with Gasteiger partial charge < -0.3 is 9.73 Å².